The molecule has 2 heterocycles. The number of hydrogen-bond acceptors (Lipinski definition) is 5. The molecule has 1 unspecified atom stereocenters. The zero-order valence-corrected chi connectivity index (χ0v) is 19.6. The predicted molar refractivity (Wildman–Crippen MR) is 125 cm³/mol. The molecule has 1 aromatic heterocycles. The second-order valence-electron chi connectivity index (χ2n) is 6.69. The van der Waals surface area contributed by atoms with Crippen LogP contribution in [0.2, 0.25) is 0 Å². The van der Waals surface area contributed by atoms with Gasteiger partial charge < -0.3 is 20.1 Å². The van der Waals surface area contributed by atoms with Crippen LogP contribution in [0.15, 0.2) is 41.5 Å². The van der Waals surface area contributed by atoms with Crippen molar-refractivity contribution in [2.75, 3.05) is 47.0 Å². The van der Waals surface area contributed by atoms with Crippen LogP contribution in [0.5, 0.6) is 5.75 Å². The van der Waals surface area contributed by atoms with Crippen LogP contribution in [0.25, 0.3) is 0 Å². The monoisotopic (exact) mass is 514 g/mol. The van der Waals surface area contributed by atoms with Crippen molar-refractivity contribution in [1.29, 1.82) is 0 Å². The third kappa shape index (κ3) is 6.58. The topological polar surface area (TPSA) is 75.9 Å². The van der Waals surface area contributed by atoms with Crippen LogP contribution in [0.4, 0.5) is 0 Å². The van der Waals surface area contributed by atoms with Gasteiger partial charge in [-0.25, -0.2) is 0 Å². The summed E-state index contributed by atoms with van der Waals surface area (Å²) in [6.07, 6.45) is 1.80. The van der Waals surface area contributed by atoms with E-state index in [9.17, 15) is 0 Å². The molecule has 0 aliphatic carbocycles. The maximum Gasteiger partial charge on any atom is 0.191 e. The van der Waals surface area contributed by atoms with Crippen LogP contribution in [0, 0.1) is 0 Å². The highest BCUT2D eigenvalue weighted by Gasteiger charge is 2.23. The Morgan fingerprint density at radius 3 is 2.52 bits per heavy atom. The van der Waals surface area contributed by atoms with Crippen LogP contribution in [0.3, 0.4) is 0 Å². The lowest BCUT2D eigenvalue weighted by Crippen LogP contribution is -2.46. The van der Waals surface area contributed by atoms with Crippen molar-refractivity contribution in [2.24, 2.45) is 12.0 Å². The first kappa shape index (κ1) is 23.4. The van der Waals surface area contributed by atoms with Crippen molar-refractivity contribution in [3.8, 4) is 5.75 Å². The normalized spacial score (nSPS) is 16.0. The zero-order chi connectivity index (χ0) is 19.8. The lowest BCUT2D eigenvalue weighted by Gasteiger charge is -2.35. The van der Waals surface area contributed by atoms with Gasteiger partial charge in [0.15, 0.2) is 5.96 Å². The van der Waals surface area contributed by atoms with Gasteiger partial charge in [-0.3, -0.25) is 14.6 Å². The molecule has 29 heavy (non-hydrogen) atoms. The van der Waals surface area contributed by atoms with Crippen molar-refractivity contribution >= 4 is 29.9 Å². The first-order chi connectivity index (χ1) is 13.7. The summed E-state index contributed by atoms with van der Waals surface area (Å²) in [5, 5.41) is 11.0. The molecule has 8 nitrogen and oxygen atoms in total. The van der Waals surface area contributed by atoms with E-state index in [1.165, 1.54) is 5.56 Å². The molecule has 1 saturated heterocycles. The van der Waals surface area contributed by atoms with E-state index in [2.05, 4.69) is 37.8 Å². The standard InChI is InChI=1S/C20H30N6O2.HI/c1-21-20(22-14-17-8-9-24-25(17)2)23-15-19(26-10-12-28-13-11-26)16-4-6-18(27-3)7-5-16;/h4-9,19H,10-15H2,1-3H3,(H2,21,22,23);1H. The predicted octanol–water partition coefficient (Wildman–Crippen LogP) is 1.79. The fourth-order valence-electron chi connectivity index (χ4n) is 3.34. The number of rotatable bonds is 7. The van der Waals surface area contributed by atoms with E-state index in [0.717, 1.165) is 50.3 Å². The minimum atomic E-state index is 0. The molecule has 0 amide bonds. The molecular weight excluding hydrogens is 483 g/mol. The Hall–Kier alpha value is -1.85. The van der Waals surface area contributed by atoms with Crippen molar-refractivity contribution in [3.05, 3.63) is 47.8 Å². The fraction of sp³-hybridized carbons (Fsp3) is 0.500. The average Bonchev–Trinajstić information content (AvgIpc) is 3.16. The highest BCUT2D eigenvalue weighted by atomic mass is 127. The number of nitrogens with zero attached hydrogens (tertiary/aromatic N) is 4. The van der Waals surface area contributed by atoms with Gasteiger partial charge in [0.25, 0.3) is 0 Å². The van der Waals surface area contributed by atoms with E-state index < -0.39 is 0 Å². The molecule has 0 radical (unpaired) electrons. The van der Waals surface area contributed by atoms with Crippen molar-refractivity contribution in [3.63, 3.8) is 0 Å². The van der Waals surface area contributed by atoms with Gasteiger partial charge >= 0.3 is 0 Å². The van der Waals surface area contributed by atoms with Crippen LogP contribution in [-0.2, 0) is 18.3 Å². The van der Waals surface area contributed by atoms with Gasteiger partial charge in [0.2, 0.25) is 0 Å². The molecule has 3 rings (SSSR count). The Morgan fingerprint density at radius 1 is 1.21 bits per heavy atom. The quantitative estimate of drug-likeness (QED) is 0.334. The van der Waals surface area contributed by atoms with Crippen LogP contribution in [-0.4, -0.2) is 67.6 Å². The lowest BCUT2D eigenvalue weighted by molar-refractivity contribution is 0.0170. The van der Waals surface area contributed by atoms with E-state index in [-0.39, 0.29) is 30.0 Å². The first-order valence-corrected chi connectivity index (χ1v) is 9.58. The summed E-state index contributed by atoms with van der Waals surface area (Å²) in [4.78, 5) is 6.81. The average molecular weight is 514 g/mol. The molecule has 9 heteroatoms. The largest absolute Gasteiger partial charge is 0.497 e. The van der Waals surface area contributed by atoms with E-state index in [4.69, 9.17) is 9.47 Å². The summed E-state index contributed by atoms with van der Waals surface area (Å²) in [6, 6.07) is 10.5. The summed E-state index contributed by atoms with van der Waals surface area (Å²) in [7, 11) is 5.41. The Balaban J connectivity index is 0.00000300. The van der Waals surface area contributed by atoms with Gasteiger partial charge in [-0.1, -0.05) is 12.1 Å². The molecule has 0 saturated carbocycles. The second kappa shape index (κ2) is 12.0. The van der Waals surface area contributed by atoms with Crippen molar-refractivity contribution in [2.45, 2.75) is 12.6 Å². The second-order valence-corrected chi connectivity index (χ2v) is 6.69. The Kier molecular flexibility index (Phi) is 9.68. The molecule has 1 aromatic carbocycles. The van der Waals surface area contributed by atoms with E-state index in [1.807, 2.05) is 29.9 Å². The summed E-state index contributed by atoms with van der Waals surface area (Å²) >= 11 is 0. The number of morpholine rings is 1. The van der Waals surface area contributed by atoms with Gasteiger partial charge in [-0.2, -0.15) is 5.10 Å². The Bertz CT molecular complexity index is 759. The number of aliphatic imine (C=N–C) groups is 1. The first-order valence-electron chi connectivity index (χ1n) is 9.58. The summed E-state index contributed by atoms with van der Waals surface area (Å²) in [5.74, 6) is 1.64. The van der Waals surface area contributed by atoms with Crippen molar-refractivity contribution < 1.29 is 9.47 Å². The van der Waals surface area contributed by atoms with E-state index >= 15 is 0 Å². The molecular formula is C20H31IN6O2. The Morgan fingerprint density at radius 2 is 1.93 bits per heavy atom. The number of aromatic nitrogens is 2. The fourth-order valence-corrected chi connectivity index (χ4v) is 3.34. The molecule has 0 bridgehead atoms. The molecule has 0 spiro atoms. The number of methoxy groups -OCH3 is 1. The SMILES string of the molecule is CN=C(NCc1ccnn1C)NCC(c1ccc(OC)cc1)N1CCOCC1.I. The molecule has 1 fully saturated rings. The molecule has 2 N–H and O–H groups in total. The van der Waals surface area contributed by atoms with Gasteiger partial charge in [0.05, 0.1) is 38.6 Å². The molecule has 1 aliphatic heterocycles. The summed E-state index contributed by atoms with van der Waals surface area (Å²) in [5.41, 5.74) is 2.35. The van der Waals surface area contributed by atoms with Crippen molar-refractivity contribution in [1.82, 2.24) is 25.3 Å². The smallest absolute Gasteiger partial charge is 0.191 e. The third-order valence-electron chi connectivity index (χ3n) is 5.03. The summed E-state index contributed by atoms with van der Waals surface area (Å²) in [6.45, 7) is 4.78. The number of benzene rings is 1. The minimum absolute atomic E-state index is 0. The number of aryl methyl sites for hydroxylation is 1. The number of halogens is 1. The highest BCUT2D eigenvalue weighted by Crippen LogP contribution is 2.23. The zero-order valence-electron chi connectivity index (χ0n) is 17.3. The maximum absolute atomic E-state index is 5.53. The van der Waals surface area contributed by atoms with Crippen LogP contribution < -0.4 is 15.4 Å². The number of guanidine groups is 1. The molecule has 1 aliphatic rings. The number of nitrogens with one attached hydrogen (secondary N) is 2. The molecule has 160 valence electrons. The van der Waals surface area contributed by atoms with Gasteiger partial charge in [-0.15, -0.1) is 24.0 Å². The van der Waals surface area contributed by atoms with Gasteiger partial charge in [0, 0.05) is 39.9 Å². The van der Waals surface area contributed by atoms with E-state index in [1.54, 1.807) is 20.4 Å². The maximum atomic E-state index is 5.53. The third-order valence-corrected chi connectivity index (χ3v) is 5.03. The summed E-state index contributed by atoms with van der Waals surface area (Å²) < 4.78 is 12.7. The highest BCUT2D eigenvalue weighted by molar-refractivity contribution is 14.0. The molecule has 2 aromatic rings. The van der Waals surface area contributed by atoms with Gasteiger partial charge in [0.1, 0.15) is 5.75 Å². The Labute approximate surface area is 189 Å². The van der Waals surface area contributed by atoms with Crippen LogP contribution >= 0.6 is 24.0 Å². The lowest BCUT2D eigenvalue weighted by atomic mass is 10.0. The number of ether oxygens (including phenoxy) is 2. The molecule has 1 atom stereocenters. The van der Waals surface area contributed by atoms with E-state index in [0.29, 0.717) is 6.54 Å². The van der Waals surface area contributed by atoms with Crippen LogP contribution in [0.1, 0.15) is 17.3 Å². The minimum Gasteiger partial charge on any atom is -0.497 e. The number of hydrogen-bond donors (Lipinski definition) is 2. The van der Waals surface area contributed by atoms with Gasteiger partial charge in [-0.05, 0) is 23.8 Å².